The van der Waals surface area contributed by atoms with Crippen LogP contribution >= 0.6 is 0 Å². The summed E-state index contributed by atoms with van der Waals surface area (Å²) >= 11 is 0. The van der Waals surface area contributed by atoms with Gasteiger partial charge in [0.25, 0.3) is 0 Å². The lowest BCUT2D eigenvalue weighted by atomic mass is 10.2. The SMILES string of the molecule is CCOc1c(OC)cc(CNC(=O)Nc2ccc(N3CCCC3)nc2)cc1OC. The van der Waals surface area contributed by atoms with Gasteiger partial charge >= 0.3 is 6.03 Å². The van der Waals surface area contributed by atoms with Crippen molar-refractivity contribution in [2.45, 2.75) is 26.3 Å². The van der Waals surface area contributed by atoms with Crippen LogP contribution in [0.2, 0.25) is 0 Å². The number of benzene rings is 1. The van der Waals surface area contributed by atoms with E-state index in [1.54, 1.807) is 20.4 Å². The monoisotopic (exact) mass is 400 g/mol. The molecule has 0 atom stereocenters. The molecule has 8 nitrogen and oxygen atoms in total. The standard InChI is InChI=1S/C21H28N4O4/c1-4-29-20-17(27-2)11-15(12-18(20)28-3)13-23-21(26)24-16-7-8-19(22-14-16)25-9-5-6-10-25/h7-8,11-12,14H,4-6,9-10,13H2,1-3H3,(H2,23,24,26). The van der Waals surface area contributed by atoms with Crippen molar-refractivity contribution in [2.75, 3.05) is 44.1 Å². The fourth-order valence-electron chi connectivity index (χ4n) is 3.27. The fraction of sp³-hybridized carbons (Fsp3) is 0.429. The maximum absolute atomic E-state index is 12.3. The molecule has 1 fully saturated rings. The van der Waals surface area contributed by atoms with Crippen LogP contribution in [-0.4, -0.2) is 44.9 Å². The minimum absolute atomic E-state index is 0.310. The van der Waals surface area contributed by atoms with Gasteiger partial charge in [0.2, 0.25) is 5.75 Å². The second-order valence-electron chi connectivity index (χ2n) is 6.67. The van der Waals surface area contributed by atoms with Crippen LogP contribution in [0.25, 0.3) is 0 Å². The number of urea groups is 1. The molecule has 1 aliphatic rings. The van der Waals surface area contributed by atoms with Crippen molar-refractivity contribution >= 4 is 17.5 Å². The van der Waals surface area contributed by atoms with Crippen LogP contribution < -0.4 is 29.7 Å². The Morgan fingerprint density at radius 3 is 2.38 bits per heavy atom. The minimum atomic E-state index is -0.312. The average molecular weight is 400 g/mol. The summed E-state index contributed by atoms with van der Waals surface area (Å²) in [6, 6.07) is 7.12. The van der Waals surface area contributed by atoms with E-state index < -0.39 is 0 Å². The number of rotatable bonds is 8. The number of methoxy groups -OCH3 is 2. The molecular formula is C21H28N4O4. The molecule has 1 saturated heterocycles. The van der Waals surface area contributed by atoms with E-state index in [0.717, 1.165) is 24.5 Å². The van der Waals surface area contributed by atoms with Crippen molar-refractivity contribution in [1.29, 1.82) is 0 Å². The van der Waals surface area contributed by atoms with Crippen LogP contribution in [0.15, 0.2) is 30.5 Å². The van der Waals surface area contributed by atoms with E-state index in [4.69, 9.17) is 14.2 Å². The van der Waals surface area contributed by atoms with Crippen molar-refractivity contribution in [2.24, 2.45) is 0 Å². The van der Waals surface area contributed by atoms with Crippen LogP contribution in [0.5, 0.6) is 17.2 Å². The van der Waals surface area contributed by atoms with Gasteiger partial charge in [0, 0.05) is 19.6 Å². The Labute approximate surface area is 171 Å². The molecule has 0 bridgehead atoms. The van der Waals surface area contributed by atoms with Crippen molar-refractivity contribution in [3.63, 3.8) is 0 Å². The third kappa shape index (κ3) is 5.22. The number of amides is 2. The number of aromatic nitrogens is 1. The van der Waals surface area contributed by atoms with Crippen LogP contribution in [-0.2, 0) is 6.54 Å². The van der Waals surface area contributed by atoms with E-state index >= 15 is 0 Å². The molecule has 2 aromatic rings. The van der Waals surface area contributed by atoms with E-state index in [9.17, 15) is 4.79 Å². The molecule has 1 aromatic carbocycles. The fourth-order valence-corrected chi connectivity index (χ4v) is 3.27. The van der Waals surface area contributed by atoms with Crippen LogP contribution in [0.4, 0.5) is 16.3 Å². The molecule has 0 aliphatic carbocycles. The van der Waals surface area contributed by atoms with Gasteiger partial charge in [-0.25, -0.2) is 9.78 Å². The maximum atomic E-state index is 12.3. The van der Waals surface area contributed by atoms with Gasteiger partial charge in [-0.15, -0.1) is 0 Å². The second kappa shape index (κ2) is 9.86. The third-order valence-corrected chi connectivity index (χ3v) is 4.70. The van der Waals surface area contributed by atoms with Crippen LogP contribution in [0.3, 0.4) is 0 Å². The van der Waals surface area contributed by atoms with Gasteiger partial charge in [0.05, 0.1) is 32.7 Å². The number of hydrogen-bond donors (Lipinski definition) is 2. The number of hydrogen-bond acceptors (Lipinski definition) is 6. The van der Waals surface area contributed by atoms with Gasteiger partial charge in [0.1, 0.15) is 5.82 Å². The Bertz CT molecular complexity index is 795. The molecule has 2 amide bonds. The molecule has 3 rings (SSSR count). The number of pyridine rings is 1. The predicted molar refractivity (Wildman–Crippen MR) is 112 cm³/mol. The first-order chi connectivity index (χ1) is 14.1. The molecule has 156 valence electrons. The summed E-state index contributed by atoms with van der Waals surface area (Å²) in [5, 5.41) is 5.63. The van der Waals surface area contributed by atoms with E-state index in [0.29, 0.717) is 36.1 Å². The molecule has 2 N–H and O–H groups in total. The summed E-state index contributed by atoms with van der Waals surface area (Å²) in [5.74, 6) is 2.62. The number of anilines is 2. The Balaban J connectivity index is 1.58. The van der Waals surface area contributed by atoms with E-state index in [1.807, 2.05) is 31.2 Å². The molecule has 0 saturated carbocycles. The summed E-state index contributed by atoms with van der Waals surface area (Å²) in [6.07, 6.45) is 4.08. The molecule has 0 spiro atoms. The van der Waals surface area contributed by atoms with E-state index in [2.05, 4.69) is 20.5 Å². The van der Waals surface area contributed by atoms with Crippen molar-refractivity contribution < 1.29 is 19.0 Å². The largest absolute Gasteiger partial charge is 0.493 e. The number of nitrogens with zero attached hydrogens (tertiary/aromatic N) is 2. The number of ether oxygens (including phenoxy) is 3. The van der Waals surface area contributed by atoms with Gasteiger partial charge in [-0.2, -0.15) is 0 Å². The van der Waals surface area contributed by atoms with Crippen LogP contribution in [0, 0.1) is 0 Å². The highest BCUT2D eigenvalue weighted by molar-refractivity contribution is 5.89. The first-order valence-electron chi connectivity index (χ1n) is 9.78. The van der Waals surface area contributed by atoms with E-state index in [-0.39, 0.29) is 6.03 Å². The summed E-state index contributed by atoms with van der Waals surface area (Å²) in [4.78, 5) is 18.9. The zero-order valence-corrected chi connectivity index (χ0v) is 17.2. The Hall–Kier alpha value is -3.16. The molecule has 1 aromatic heterocycles. The van der Waals surface area contributed by atoms with Crippen molar-refractivity contribution in [3.05, 3.63) is 36.0 Å². The topological polar surface area (TPSA) is 85.0 Å². The second-order valence-corrected chi connectivity index (χ2v) is 6.67. The molecule has 0 radical (unpaired) electrons. The van der Waals surface area contributed by atoms with Gasteiger partial charge in [-0.3, -0.25) is 0 Å². The quantitative estimate of drug-likeness (QED) is 0.706. The highest BCUT2D eigenvalue weighted by Gasteiger charge is 2.15. The summed E-state index contributed by atoms with van der Waals surface area (Å²) < 4.78 is 16.4. The lowest BCUT2D eigenvalue weighted by Crippen LogP contribution is -2.28. The zero-order chi connectivity index (χ0) is 20.6. The van der Waals surface area contributed by atoms with Crippen molar-refractivity contribution in [3.8, 4) is 17.2 Å². The zero-order valence-electron chi connectivity index (χ0n) is 17.2. The normalized spacial score (nSPS) is 13.1. The lowest BCUT2D eigenvalue weighted by molar-refractivity contribution is 0.251. The third-order valence-electron chi connectivity index (χ3n) is 4.70. The minimum Gasteiger partial charge on any atom is -0.493 e. The number of carbonyl (C=O) groups is 1. The molecule has 1 aliphatic heterocycles. The van der Waals surface area contributed by atoms with Crippen LogP contribution in [0.1, 0.15) is 25.3 Å². The molecular weight excluding hydrogens is 372 g/mol. The first kappa shape index (κ1) is 20.6. The van der Waals surface area contributed by atoms with Gasteiger partial charge in [-0.1, -0.05) is 0 Å². The molecule has 0 unspecified atom stereocenters. The summed E-state index contributed by atoms with van der Waals surface area (Å²) in [5.41, 5.74) is 1.48. The van der Waals surface area contributed by atoms with Gasteiger partial charge in [-0.05, 0) is 49.6 Å². The predicted octanol–water partition coefficient (Wildman–Crippen LogP) is 3.42. The molecule has 2 heterocycles. The number of carbonyl (C=O) groups excluding carboxylic acids is 1. The highest BCUT2D eigenvalue weighted by atomic mass is 16.5. The number of nitrogens with one attached hydrogen (secondary N) is 2. The summed E-state index contributed by atoms with van der Waals surface area (Å²) in [6.45, 7) is 4.78. The van der Waals surface area contributed by atoms with Crippen molar-refractivity contribution in [1.82, 2.24) is 10.3 Å². The lowest BCUT2D eigenvalue weighted by Gasteiger charge is -2.17. The molecule has 8 heteroatoms. The highest BCUT2D eigenvalue weighted by Crippen LogP contribution is 2.38. The first-order valence-corrected chi connectivity index (χ1v) is 9.78. The molecule has 29 heavy (non-hydrogen) atoms. The summed E-state index contributed by atoms with van der Waals surface area (Å²) in [7, 11) is 3.14. The van der Waals surface area contributed by atoms with E-state index in [1.165, 1.54) is 12.8 Å². The Morgan fingerprint density at radius 1 is 1.14 bits per heavy atom. The smallest absolute Gasteiger partial charge is 0.319 e. The Kier molecular flexibility index (Phi) is 6.99. The van der Waals surface area contributed by atoms with Gasteiger partial charge in [0.15, 0.2) is 11.5 Å². The van der Waals surface area contributed by atoms with Gasteiger partial charge < -0.3 is 29.7 Å². The average Bonchev–Trinajstić information content (AvgIpc) is 3.28. The maximum Gasteiger partial charge on any atom is 0.319 e. The Morgan fingerprint density at radius 2 is 1.83 bits per heavy atom.